The number of likely N-dealkylation sites (tertiary alicyclic amines) is 1. The molecule has 2 saturated heterocycles. The number of aromatic nitrogens is 1. The van der Waals surface area contributed by atoms with E-state index in [1.807, 2.05) is 55.1 Å². The number of rotatable bonds is 9. The van der Waals surface area contributed by atoms with Gasteiger partial charge in [-0.25, -0.2) is 18.6 Å². The number of carbonyl (C=O) groups is 3. The number of anilines is 1. The second-order valence-electron chi connectivity index (χ2n) is 11.2. The highest BCUT2D eigenvalue weighted by molar-refractivity contribution is 6.30. The summed E-state index contributed by atoms with van der Waals surface area (Å²) in [5, 5.41) is 12.5. The number of piperazine rings is 1. The third-order valence-corrected chi connectivity index (χ3v) is 8.61. The lowest BCUT2D eigenvalue weighted by molar-refractivity contribution is 0.0708. The van der Waals surface area contributed by atoms with Gasteiger partial charge in [0.05, 0.1) is 18.0 Å². The van der Waals surface area contributed by atoms with Crippen LogP contribution in [0, 0.1) is 0 Å². The zero-order chi connectivity index (χ0) is 33.0. The molecule has 1 aromatic heterocycles. The Labute approximate surface area is 270 Å². The first-order chi connectivity index (χ1) is 22.1. The van der Waals surface area contributed by atoms with Gasteiger partial charge in [-0.15, -0.1) is 0 Å². The number of hydrogen-bond donors (Lipinski definition) is 2. The molecule has 46 heavy (non-hydrogen) atoms. The van der Waals surface area contributed by atoms with Crippen LogP contribution in [0.15, 0.2) is 54.6 Å². The number of benzene rings is 2. The van der Waals surface area contributed by atoms with Crippen molar-refractivity contribution in [2.45, 2.75) is 45.2 Å². The van der Waals surface area contributed by atoms with Crippen LogP contribution in [0.1, 0.15) is 59.5 Å². The van der Waals surface area contributed by atoms with E-state index in [2.05, 4.69) is 5.32 Å². The smallest absolute Gasteiger partial charge is 0.407 e. The Balaban J connectivity index is 1.46. The molecule has 2 aliphatic rings. The lowest BCUT2D eigenvalue weighted by Crippen LogP contribution is -2.55. The summed E-state index contributed by atoms with van der Waals surface area (Å²) in [5.74, 6) is -0.333. The van der Waals surface area contributed by atoms with Crippen LogP contribution in [0.25, 0.3) is 11.3 Å². The Kier molecular flexibility index (Phi) is 10.3. The van der Waals surface area contributed by atoms with Gasteiger partial charge in [0.15, 0.2) is 5.69 Å². The average Bonchev–Trinajstić information content (AvgIpc) is 3.53. The Morgan fingerprint density at radius 2 is 1.83 bits per heavy atom. The van der Waals surface area contributed by atoms with Gasteiger partial charge in [-0.1, -0.05) is 30.7 Å². The van der Waals surface area contributed by atoms with E-state index < -0.39 is 29.9 Å². The minimum atomic E-state index is -2.86. The Morgan fingerprint density at radius 1 is 1.04 bits per heavy atom. The Bertz CT molecular complexity index is 1610. The highest BCUT2D eigenvalue weighted by atomic mass is 35.5. The number of para-hydroxylation sites is 1. The summed E-state index contributed by atoms with van der Waals surface area (Å²) in [7, 11) is 0. The fourth-order valence-electron chi connectivity index (χ4n) is 6.05. The van der Waals surface area contributed by atoms with E-state index >= 15 is 0 Å². The monoisotopic (exact) mass is 655 g/mol. The standard InChI is InChI=1S/C33H36ClF2N5O5/c1-3-22-19-39(32(43)23-10-9-20(34)17-25(23)30(35)36)15-16-41(22)27-12-11-26(24-7-5-6-8-28(24)46-4-2)38-29(27)31(42)37-21-13-14-40(18-21)33(44)45/h5-12,17,21-22,30H,3-4,13-16,18-19H2,1-2H3,(H,37,42)(H,44,45). The van der Waals surface area contributed by atoms with E-state index in [1.54, 1.807) is 4.90 Å². The van der Waals surface area contributed by atoms with Crippen molar-refractivity contribution in [3.63, 3.8) is 0 Å². The molecule has 2 atom stereocenters. The number of ether oxygens (including phenoxy) is 1. The average molecular weight is 656 g/mol. The molecule has 10 nitrogen and oxygen atoms in total. The number of halogens is 3. The van der Waals surface area contributed by atoms with Gasteiger partial charge in [0, 0.05) is 66.5 Å². The number of alkyl halides is 2. The number of nitrogens with one attached hydrogen (secondary N) is 1. The number of amides is 3. The number of nitrogens with zero attached hydrogens (tertiary/aromatic N) is 4. The van der Waals surface area contributed by atoms with Gasteiger partial charge < -0.3 is 29.9 Å². The molecule has 2 unspecified atom stereocenters. The van der Waals surface area contributed by atoms with Crippen LogP contribution in [-0.2, 0) is 0 Å². The van der Waals surface area contributed by atoms with Crippen LogP contribution < -0.4 is 15.0 Å². The summed E-state index contributed by atoms with van der Waals surface area (Å²) in [6.45, 7) is 5.57. The molecule has 0 saturated carbocycles. The van der Waals surface area contributed by atoms with Crippen molar-refractivity contribution in [3.05, 3.63) is 76.4 Å². The zero-order valence-corrected chi connectivity index (χ0v) is 26.3. The van der Waals surface area contributed by atoms with Gasteiger partial charge >= 0.3 is 6.09 Å². The van der Waals surface area contributed by atoms with Gasteiger partial charge in [0.2, 0.25) is 0 Å². The Hall–Kier alpha value is -4.45. The molecule has 0 aliphatic carbocycles. The maximum Gasteiger partial charge on any atom is 0.407 e. The number of hydrogen-bond acceptors (Lipinski definition) is 6. The summed E-state index contributed by atoms with van der Waals surface area (Å²) in [6, 6.07) is 14.3. The lowest BCUT2D eigenvalue weighted by atomic mass is 10.0. The van der Waals surface area contributed by atoms with Crippen LogP contribution in [-0.4, -0.2) is 89.2 Å². The molecule has 3 heterocycles. The molecule has 2 N–H and O–H groups in total. The molecule has 3 aromatic rings. The topological polar surface area (TPSA) is 115 Å². The minimum absolute atomic E-state index is 0.0891. The van der Waals surface area contributed by atoms with E-state index in [1.165, 1.54) is 17.0 Å². The molecule has 244 valence electrons. The highest BCUT2D eigenvalue weighted by Crippen LogP contribution is 2.34. The van der Waals surface area contributed by atoms with Gasteiger partial charge in [-0.05, 0) is 62.2 Å². The van der Waals surface area contributed by atoms with Crippen LogP contribution in [0.5, 0.6) is 5.75 Å². The third-order valence-electron chi connectivity index (χ3n) is 8.38. The molecular weight excluding hydrogens is 620 g/mol. The predicted molar refractivity (Wildman–Crippen MR) is 170 cm³/mol. The second kappa shape index (κ2) is 14.3. The first-order valence-electron chi connectivity index (χ1n) is 15.3. The van der Waals surface area contributed by atoms with Crippen LogP contribution in [0.4, 0.5) is 19.3 Å². The van der Waals surface area contributed by atoms with E-state index in [0.717, 1.165) is 6.07 Å². The summed E-state index contributed by atoms with van der Waals surface area (Å²) < 4.78 is 33.4. The van der Waals surface area contributed by atoms with E-state index in [0.29, 0.717) is 55.2 Å². The maximum absolute atomic E-state index is 13.9. The first-order valence-corrected chi connectivity index (χ1v) is 15.6. The maximum atomic E-state index is 13.9. The number of carboxylic acid groups (broad SMARTS) is 1. The molecule has 13 heteroatoms. The quantitative estimate of drug-likeness (QED) is 0.292. The fourth-order valence-corrected chi connectivity index (χ4v) is 6.23. The molecule has 2 aliphatic heterocycles. The number of carbonyl (C=O) groups excluding carboxylic acids is 2. The molecular formula is C33H36ClF2N5O5. The van der Waals surface area contributed by atoms with Crippen LogP contribution in [0.2, 0.25) is 5.02 Å². The lowest BCUT2D eigenvalue weighted by Gasteiger charge is -2.43. The highest BCUT2D eigenvalue weighted by Gasteiger charge is 2.34. The molecule has 0 bridgehead atoms. The van der Waals surface area contributed by atoms with Gasteiger partial charge in [-0.2, -0.15) is 0 Å². The first kappa shape index (κ1) is 32.9. The Morgan fingerprint density at radius 3 is 2.52 bits per heavy atom. The van der Waals surface area contributed by atoms with E-state index in [9.17, 15) is 28.3 Å². The predicted octanol–water partition coefficient (Wildman–Crippen LogP) is 5.96. The molecule has 0 spiro atoms. The summed E-state index contributed by atoms with van der Waals surface area (Å²) >= 11 is 5.93. The molecule has 3 amide bonds. The fraction of sp³-hybridized carbons (Fsp3) is 0.394. The molecule has 2 aromatic carbocycles. The van der Waals surface area contributed by atoms with Crippen LogP contribution in [0.3, 0.4) is 0 Å². The molecule has 0 radical (unpaired) electrons. The zero-order valence-electron chi connectivity index (χ0n) is 25.6. The largest absolute Gasteiger partial charge is 0.493 e. The van der Waals surface area contributed by atoms with Gasteiger partial charge in [-0.3, -0.25) is 9.59 Å². The summed E-state index contributed by atoms with van der Waals surface area (Å²) in [6.07, 6.45) is -2.83. The van der Waals surface area contributed by atoms with Crippen molar-refractivity contribution in [1.82, 2.24) is 20.1 Å². The van der Waals surface area contributed by atoms with Crippen molar-refractivity contribution >= 4 is 35.2 Å². The van der Waals surface area contributed by atoms with Crippen molar-refractivity contribution in [3.8, 4) is 17.0 Å². The SMILES string of the molecule is CCOc1ccccc1-c1ccc(N2CCN(C(=O)c3ccc(Cl)cc3C(F)F)CC2CC)c(C(=O)NC2CCN(C(=O)O)C2)n1. The van der Waals surface area contributed by atoms with Crippen molar-refractivity contribution in [2.24, 2.45) is 0 Å². The molecule has 2 fully saturated rings. The summed E-state index contributed by atoms with van der Waals surface area (Å²) in [4.78, 5) is 48.5. The third kappa shape index (κ3) is 7.01. The van der Waals surface area contributed by atoms with Crippen molar-refractivity contribution < 1.29 is 33.0 Å². The van der Waals surface area contributed by atoms with Crippen molar-refractivity contribution in [1.29, 1.82) is 0 Å². The summed E-state index contributed by atoms with van der Waals surface area (Å²) in [5.41, 5.74) is 1.46. The van der Waals surface area contributed by atoms with Crippen LogP contribution >= 0.6 is 11.6 Å². The molecule has 5 rings (SSSR count). The normalized spacial score (nSPS) is 18.2. The van der Waals surface area contributed by atoms with Gasteiger partial charge in [0.25, 0.3) is 18.2 Å². The van der Waals surface area contributed by atoms with E-state index in [-0.39, 0.29) is 48.0 Å². The van der Waals surface area contributed by atoms with Crippen molar-refractivity contribution in [2.75, 3.05) is 44.2 Å². The van der Waals surface area contributed by atoms with Gasteiger partial charge in [0.1, 0.15) is 5.75 Å². The second-order valence-corrected chi connectivity index (χ2v) is 11.7. The van der Waals surface area contributed by atoms with E-state index in [4.69, 9.17) is 21.3 Å². The minimum Gasteiger partial charge on any atom is -0.493 e. The number of pyridine rings is 1.